The summed E-state index contributed by atoms with van der Waals surface area (Å²) in [5, 5.41) is 7.48. The van der Waals surface area contributed by atoms with Crippen LogP contribution in [0.1, 0.15) is 22.8 Å². The first-order chi connectivity index (χ1) is 11.7. The Bertz CT molecular complexity index is 687. The minimum atomic E-state index is 0.489. The number of fused-ring (bicyclic) bond motifs is 1. The molecule has 0 radical (unpaired) electrons. The molecule has 4 heterocycles. The molecule has 7 heteroatoms. The third-order valence-corrected chi connectivity index (χ3v) is 5.14. The van der Waals surface area contributed by atoms with Gasteiger partial charge in [0, 0.05) is 63.6 Å². The van der Waals surface area contributed by atoms with Crippen LogP contribution in [0.2, 0.25) is 0 Å². The molecule has 0 aromatic carbocycles. The van der Waals surface area contributed by atoms with Crippen LogP contribution < -0.4 is 0 Å². The van der Waals surface area contributed by atoms with Crippen molar-refractivity contribution in [2.24, 2.45) is 7.05 Å². The molecular weight excluding hydrogens is 304 g/mol. The molecule has 1 atom stereocenters. The molecule has 130 valence electrons. The summed E-state index contributed by atoms with van der Waals surface area (Å²) in [4.78, 5) is 9.65. The lowest BCUT2D eigenvalue weighted by Crippen LogP contribution is -2.50. The van der Waals surface area contributed by atoms with E-state index in [-0.39, 0.29) is 0 Å². The molecule has 2 aromatic rings. The number of aromatic amines is 1. The molecule has 7 nitrogen and oxygen atoms in total. The summed E-state index contributed by atoms with van der Waals surface area (Å²) in [6.45, 7) is 8.66. The van der Waals surface area contributed by atoms with Crippen LogP contribution in [-0.4, -0.2) is 68.4 Å². The second-order valence-electron chi connectivity index (χ2n) is 6.97. The molecule has 2 aliphatic rings. The molecule has 2 aliphatic heterocycles. The van der Waals surface area contributed by atoms with Crippen molar-refractivity contribution < 1.29 is 4.74 Å². The number of H-pyrrole nitrogens is 1. The van der Waals surface area contributed by atoms with Crippen molar-refractivity contribution in [1.29, 1.82) is 0 Å². The predicted molar refractivity (Wildman–Crippen MR) is 90.5 cm³/mol. The van der Waals surface area contributed by atoms with Crippen molar-refractivity contribution in [3.8, 4) is 0 Å². The third-order valence-electron chi connectivity index (χ3n) is 5.14. The Labute approximate surface area is 142 Å². The van der Waals surface area contributed by atoms with Gasteiger partial charge in [0.1, 0.15) is 0 Å². The molecule has 0 spiro atoms. The maximum atomic E-state index is 5.49. The van der Waals surface area contributed by atoms with Gasteiger partial charge in [0.2, 0.25) is 0 Å². The zero-order chi connectivity index (χ0) is 16.5. The largest absolute Gasteiger partial charge is 0.379 e. The molecule has 1 N–H and O–H groups in total. The number of rotatable bonds is 4. The van der Waals surface area contributed by atoms with Crippen molar-refractivity contribution in [2.45, 2.75) is 32.5 Å². The molecule has 0 unspecified atom stereocenters. The molecule has 1 fully saturated rings. The first-order valence-electron chi connectivity index (χ1n) is 8.73. The van der Waals surface area contributed by atoms with Gasteiger partial charge in [-0.3, -0.25) is 14.9 Å². The summed E-state index contributed by atoms with van der Waals surface area (Å²) in [7, 11) is 2.10. The van der Waals surface area contributed by atoms with E-state index in [2.05, 4.69) is 49.6 Å². The molecule has 24 heavy (non-hydrogen) atoms. The van der Waals surface area contributed by atoms with Crippen LogP contribution in [0.5, 0.6) is 0 Å². The average molecular weight is 330 g/mol. The molecule has 0 bridgehead atoms. The van der Waals surface area contributed by atoms with E-state index in [0.29, 0.717) is 6.04 Å². The van der Waals surface area contributed by atoms with Gasteiger partial charge < -0.3 is 9.30 Å². The summed E-state index contributed by atoms with van der Waals surface area (Å²) in [5.74, 6) is 0. The summed E-state index contributed by atoms with van der Waals surface area (Å²) >= 11 is 0. The van der Waals surface area contributed by atoms with Gasteiger partial charge >= 0.3 is 0 Å². The van der Waals surface area contributed by atoms with Crippen LogP contribution in [0.4, 0.5) is 0 Å². The molecule has 2 aromatic heterocycles. The topological polar surface area (TPSA) is 62.2 Å². The van der Waals surface area contributed by atoms with Crippen LogP contribution in [0, 0.1) is 6.92 Å². The molecule has 0 amide bonds. The number of nitrogens with one attached hydrogen (secondary N) is 1. The monoisotopic (exact) mass is 330 g/mol. The average Bonchev–Trinajstić information content (AvgIpc) is 3.15. The van der Waals surface area contributed by atoms with E-state index in [1.165, 1.54) is 11.4 Å². The van der Waals surface area contributed by atoms with Gasteiger partial charge in [-0.2, -0.15) is 5.10 Å². The zero-order valence-corrected chi connectivity index (χ0v) is 14.5. The maximum Gasteiger partial charge on any atom is 0.0949 e. The quantitative estimate of drug-likeness (QED) is 0.895. The minimum Gasteiger partial charge on any atom is -0.379 e. The molecule has 0 aliphatic carbocycles. The minimum absolute atomic E-state index is 0.489. The molecular formula is C17H26N6O. The number of aryl methyl sites for hydroxylation is 2. The van der Waals surface area contributed by atoms with Gasteiger partial charge in [0.15, 0.2) is 0 Å². The fraction of sp³-hybridized carbons (Fsp3) is 0.647. The predicted octanol–water partition coefficient (Wildman–Crippen LogP) is 0.711. The van der Waals surface area contributed by atoms with Gasteiger partial charge in [0.05, 0.1) is 30.9 Å². The van der Waals surface area contributed by atoms with Crippen LogP contribution >= 0.6 is 0 Å². The van der Waals surface area contributed by atoms with E-state index in [1.807, 2.05) is 6.33 Å². The number of imidazole rings is 1. The number of aromatic nitrogens is 4. The van der Waals surface area contributed by atoms with Crippen molar-refractivity contribution in [3.05, 3.63) is 35.2 Å². The summed E-state index contributed by atoms with van der Waals surface area (Å²) in [5.41, 5.74) is 4.81. The Kier molecular flexibility index (Phi) is 4.39. The smallest absolute Gasteiger partial charge is 0.0949 e. The Morgan fingerprint density at radius 3 is 2.92 bits per heavy atom. The third kappa shape index (κ3) is 3.24. The second-order valence-corrected chi connectivity index (χ2v) is 6.97. The maximum absolute atomic E-state index is 5.49. The van der Waals surface area contributed by atoms with Crippen molar-refractivity contribution >= 4 is 0 Å². The van der Waals surface area contributed by atoms with Gasteiger partial charge in [-0.25, -0.2) is 4.98 Å². The van der Waals surface area contributed by atoms with Gasteiger partial charge in [-0.15, -0.1) is 0 Å². The van der Waals surface area contributed by atoms with Gasteiger partial charge in [0.25, 0.3) is 0 Å². The number of morpholine rings is 1. The number of nitrogens with zero attached hydrogens (tertiary/aromatic N) is 5. The first-order valence-corrected chi connectivity index (χ1v) is 8.73. The highest BCUT2D eigenvalue weighted by atomic mass is 16.5. The zero-order valence-electron chi connectivity index (χ0n) is 14.5. The highest BCUT2D eigenvalue weighted by molar-refractivity contribution is 5.19. The van der Waals surface area contributed by atoms with Gasteiger partial charge in [-0.1, -0.05) is 0 Å². The fourth-order valence-corrected chi connectivity index (χ4v) is 3.78. The number of ether oxygens (including phenoxy) is 1. The lowest BCUT2D eigenvalue weighted by atomic mass is 10.0. The second kappa shape index (κ2) is 6.66. The molecule has 1 saturated heterocycles. The molecule has 4 rings (SSSR count). The van der Waals surface area contributed by atoms with Gasteiger partial charge in [-0.05, 0) is 13.0 Å². The van der Waals surface area contributed by atoms with E-state index >= 15 is 0 Å². The van der Waals surface area contributed by atoms with E-state index in [4.69, 9.17) is 4.74 Å². The standard InChI is InChI=1S/C17H26N6O/c1-13-7-14(20-19-13)9-23-11-16-17(21(2)12-18-16)8-15(23)10-22-3-5-24-6-4-22/h7,12,15H,3-6,8-11H2,1-2H3,(H,19,20)/t15-/m1/s1. The Morgan fingerprint density at radius 1 is 1.33 bits per heavy atom. The Hall–Kier alpha value is -1.70. The van der Waals surface area contributed by atoms with E-state index in [1.54, 1.807) is 0 Å². The summed E-state index contributed by atoms with van der Waals surface area (Å²) in [6.07, 6.45) is 2.99. The lowest BCUT2D eigenvalue weighted by molar-refractivity contribution is 0.0178. The Balaban J connectivity index is 1.53. The summed E-state index contributed by atoms with van der Waals surface area (Å²) < 4.78 is 7.67. The molecule has 0 saturated carbocycles. The van der Waals surface area contributed by atoms with Crippen LogP contribution in [0.25, 0.3) is 0 Å². The normalized spacial score (nSPS) is 22.7. The van der Waals surface area contributed by atoms with Crippen molar-refractivity contribution in [2.75, 3.05) is 32.8 Å². The fourth-order valence-electron chi connectivity index (χ4n) is 3.78. The van der Waals surface area contributed by atoms with E-state index < -0.39 is 0 Å². The van der Waals surface area contributed by atoms with Crippen LogP contribution in [0.15, 0.2) is 12.4 Å². The van der Waals surface area contributed by atoms with Crippen molar-refractivity contribution in [3.63, 3.8) is 0 Å². The lowest BCUT2D eigenvalue weighted by Gasteiger charge is -2.39. The summed E-state index contributed by atoms with van der Waals surface area (Å²) in [6, 6.07) is 2.63. The van der Waals surface area contributed by atoms with E-state index in [9.17, 15) is 0 Å². The number of hydrogen-bond acceptors (Lipinski definition) is 5. The first kappa shape index (κ1) is 15.8. The SMILES string of the molecule is Cc1cc(CN2Cc3ncn(C)c3C[C@@H]2CN2CCOCC2)n[nH]1. The Morgan fingerprint density at radius 2 is 2.17 bits per heavy atom. The van der Waals surface area contributed by atoms with E-state index in [0.717, 1.165) is 63.7 Å². The highest BCUT2D eigenvalue weighted by Crippen LogP contribution is 2.24. The van der Waals surface area contributed by atoms with Crippen molar-refractivity contribution in [1.82, 2.24) is 29.5 Å². The highest BCUT2D eigenvalue weighted by Gasteiger charge is 2.31. The number of hydrogen-bond donors (Lipinski definition) is 1. The van der Waals surface area contributed by atoms with Crippen LogP contribution in [-0.2, 0) is 31.3 Å². The van der Waals surface area contributed by atoms with Crippen LogP contribution in [0.3, 0.4) is 0 Å².